The summed E-state index contributed by atoms with van der Waals surface area (Å²) in [5, 5.41) is 31.2. The molecule has 30 heteroatoms. The van der Waals surface area contributed by atoms with Crippen LogP contribution in [0.25, 0.3) is 10.8 Å². The molecule has 0 saturated carbocycles. The Morgan fingerprint density at radius 2 is 1.53 bits per heavy atom. The Bertz CT molecular complexity index is 2880. The third kappa shape index (κ3) is 11.7. The summed E-state index contributed by atoms with van der Waals surface area (Å²) in [4.78, 5) is 11.0. The van der Waals surface area contributed by atoms with Crippen LogP contribution in [0.3, 0.4) is 0 Å². The lowest BCUT2D eigenvalue weighted by Gasteiger charge is -2.23. The Balaban J connectivity index is 1.50. The van der Waals surface area contributed by atoms with Crippen LogP contribution in [-0.2, 0) is 53.7 Å². The summed E-state index contributed by atoms with van der Waals surface area (Å²) in [5.41, 5.74) is 4.16. The normalized spacial score (nSPS) is 12.6. The number of para-hydroxylation sites is 1. The lowest BCUT2D eigenvalue weighted by molar-refractivity contribution is -0.434. The molecule has 1 aromatic heterocycles. The van der Waals surface area contributed by atoms with E-state index in [2.05, 4.69) is 39.9 Å². The second-order valence-corrected chi connectivity index (χ2v) is 18.9. The van der Waals surface area contributed by atoms with Crippen molar-refractivity contribution >= 4 is 115 Å². The van der Waals surface area contributed by atoms with Crippen LogP contribution >= 0.6 is 23.9 Å². The van der Waals surface area contributed by atoms with Crippen molar-refractivity contribution in [2.45, 2.75) is 14.7 Å². The number of phenolic OH excluding ortho intramolecular Hbond substituents is 1. The lowest BCUT2D eigenvalue weighted by atomic mass is 10.1. The molecule has 316 valence electrons. The van der Waals surface area contributed by atoms with Gasteiger partial charge in [-0.2, -0.15) is 40.2 Å². The fourth-order valence-electron chi connectivity index (χ4n) is 5.07. The number of nitrogens with two attached hydrogens (primary N) is 1. The molecule has 24 nitrogen and oxygen atoms in total. The Kier molecular flexibility index (Phi) is 13.9. The highest BCUT2D eigenvalue weighted by atomic mass is 35.5. The number of nitrogens with zero attached hydrogens (tertiary/aromatic N) is 6. The van der Waals surface area contributed by atoms with E-state index in [4.69, 9.17) is 26.8 Å². The molecule has 0 spiro atoms. The second kappa shape index (κ2) is 18.2. The van der Waals surface area contributed by atoms with Crippen molar-refractivity contribution in [2.75, 3.05) is 40.6 Å². The molecule has 0 saturated heterocycles. The van der Waals surface area contributed by atoms with Crippen LogP contribution < -0.4 is 16.0 Å². The molecule has 59 heavy (non-hydrogen) atoms. The number of hydrogen-bond donors (Lipinski definition) is 7. The minimum atomic E-state index is -5.15. The first-order valence-electron chi connectivity index (χ1n) is 15.6. The third-order valence-corrected chi connectivity index (χ3v) is 12.4. The fraction of sp³-hybridized carbons (Fsp3) is 0.138. The number of nitrogens with one attached hydrogen (secondary N) is 1. The zero-order valence-corrected chi connectivity index (χ0v) is 33.9. The molecular formula is C29H27ClN8O16S5. The second-order valence-electron chi connectivity index (χ2n) is 11.5. The number of sulfone groups is 1. The summed E-state index contributed by atoms with van der Waals surface area (Å²) < 4.78 is 137. The van der Waals surface area contributed by atoms with Gasteiger partial charge in [-0.05, 0) is 59.5 Å². The highest BCUT2D eigenvalue weighted by Gasteiger charge is 2.25. The zero-order chi connectivity index (χ0) is 43.3. The summed E-state index contributed by atoms with van der Waals surface area (Å²) in [6.45, 7) is -0.538. The van der Waals surface area contributed by atoms with E-state index >= 15 is 0 Å². The topological polar surface area (TPSA) is 370 Å². The van der Waals surface area contributed by atoms with Gasteiger partial charge in [0.05, 0.1) is 34.1 Å². The Morgan fingerprint density at radius 3 is 2.17 bits per heavy atom. The number of fused-ring (bicyclic) bond motifs is 1. The molecule has 5 rings (SSSR count). The maximum Gasteiger partial charge on any atom is 0.296 e. The van der Waals surface area contributed by atoms with E-state index in [1.54, 1.807) is 30.3 Å². The Labute approximate surface area is 343 Å². The first-order chi connectivity index (χ1) is 27.6. The number of azo groups is 1. The third-order valence-electron chi connectivity index (χ3n) is 7.61. The predicted octanol–water partition coefficient (Wildman–Crippen LogP) is 4.42. The van der Waals surface area contributed by atoms with E-state index in [0.29, 0.717) is 17.8 Å². The van der Waals surface area contributed by atoms with Gasteiger partial charge in [-0.25, -0.2) is 13.7 Å². The fourth-order valence-corrected chi connectivity index (χ4v) is 8.39. The molecule has 1 heterocycles. The summed E-state index contributed by atoms with van der Waals surface area (Å²) in [7, 11) is -19.0. The van der Waals surface area contributed by atoms with Crippen LogP contribution in [0.1, 0.15) is 0 Å². The van der Waals surface area contributed by atoms with Crippen LogP contribution in [0, 0.1) is 0 Å². The number of aromatic nitrogens is 3. The predicted molar refractivity (Wildman–Crippen MR) is 209 cm³/mol. The molecule has 0 bridgehead atoms. The van der Waals surface area contributed by atoms with Crippen molar-refractivity contribution in [3.05, 3.63) is 72.0 Å². The first-order valence-corrected chi connectivity index (χ1v) is 22.8. The maximum atomic E-state index is 12.8. The van der Waals surface area contributed by atoms with E-state index in [-0.39, 0.29) is 48.3 Å². The summed E-state index contributed by atoms with van der Waals surface area (Å²) in [5.74, 6) is -2.24. The van der Waals surface area contributed by atoms with E-state index in [1.807, 2.05) is 0 Å². The van der Waals surface area contributed by atoms with Gasteiger partial charge in [0, 0.05) is 24.0 Å². The number of halogens is 1. The van der Waals surface area contributed by atoms with Gasteiger partial charge in [0.2, 0.25) is 17.2 Å². The number of anilines is 5. The van der Waals surface area contributed by atoms with Crippen LogP contribution in [0.5, 0.6) is 5.75 Å². The van der Waals surface area contributed by atoms with Crippen LogP contribution in [0.2, 0.25) is 5.28 Å². The van der Waals surface area contributed by atoms with Crippen molar-refractivity contribution in [3.8, 4) is 5.75 Å². The van der Waals surface area contributed by atoms with Crippen LogP contribution in [0.15, 0.2) is 91.6 Å². The molecule has 0 fully saturated rings. The quantitative estimate of drug-likeness (QED) is 0.0122. The lowest BCUT2D eigenvalue weighted by Crippen LogP contribution is -2.28. The molecule has 0 aliphatic heterocycles. The zero-order valence-electron chi connectivity index (χ0n) is 29.1. The monoisotopic (exact) mass is 938 g/mol. The number of benzene rings is 4. The van der Waals surface area contributed by atoms with E-state index in [1.165, 1.54) is 11.0 Å². The van der Waals surface area contributed by atoms with Crippen molar-refractivity contribution < 1.29 is 71.2 Å². The first kappa shape index (κ1) is 45.2. The van der Waals surface area contributed by atoms with Crippen LogP contribution in [-0.4, -0.2) is 97.3 Å². The molecule has 4 aromatic carbocycles. The van der Waals surface area contributed by atoms with Gasteiger partial charge in [0.1, 0.15) is 26.9 Å². The maximum absolute atomic E-state index is 12.8. The van der Waals surface area contributed by atoms with E-state index < -0.39 is 100.0 Å². The molecule has 8 N–H and O–H groups in total. The van der Waals surface area contributed by atoms with Gasteiger partial charge in [0.15, 0.2) is 22.2 Å². The van der Waals surface area contributed by atoms with Crippen molar-refractivity contribution in [2.24, 2.45) is 10.2 Å². The molecule has 0 radical (unpaired) electrons. The van der Waals surface area contributed by atoms with E-state index in [0.717, 1.165) is 18.2 Å². The van der Waals surface area contributed by atoms with Crippen molar-refractivity contribution in [1.82, 2.24) is 15.0 Å². The smallest absolute Gasteiger partial charge is 0.296 e. The summed E-state index contributed by atoms with van der Waals surface area (Å²) in [6.07, 6.45) is 0. The average molecular weight is 939 g/mol. The van der Waals surface area contributed by atoms with Crippen LogP contribution in [0.4, 0.5) is 40.3 Å². The molecule has 0 unspecified atom stereocenters. The molecule has 0 aliphatic rings. The van der Waals surface area contributed by atoms with Gasteiger partial charge < -0.3 is 21.1 Å². The Hall–Kier alpha value is -4.89. The number of nitrogen functional groups attached to an aromatic ring is 1. The number of aromatic hydroxyl groups is 1. The summed E-state index contributed by atoms with van der Waals surface area (Å²) >= 11 is 6.43. The molecule has 5 aromatic rings. The van der Waals surface area contributed by atoms with Crippen molar-refractivity contribution in [3.63, 3.8) is 0 Å². The average Bonchev–Trinajstić information content (AvgIpc) is 3.13. The van der Waals surface area contributed by atoms with Crippen molar-refractivity contribution in [1.29, 1.82) is 0 Å². The molecule has 0 amide bonds. The SMILES string of the molecule is Nc1c(S(=O)(=O)O)cc2cc(S(=O)(=O)O)cc(O)c2c1N=Nc1ccc(Nc2nc(Cl)nc(N(CCS(=O)(=O)CCOSOOO)c3ccccc3)n2)cc1S(=O)(=O)O. The van der Waals surface area contributed by atoms with Gasteiger partial charge in [0.25, 0.3) is 30.4 Å². The minimum Gasteiger partial charge on any atom is -0.507 e. The number of phenols is 1. The standard InChI is InChI=1S/C29H27ClN8O16S5/c30-27-33-28(35-29(34-27)38(18-4-2-1-3-5-18)8-10-56(41,42)11-9-52-55-54-53-40)32-17-6-7-20(22(14-17)58(46,47)48)36-37-26-24-16(13-23(25(26)31)59(49,50)51)12-19(15-21(24)39)57(43,44)45/h1-7,12-15,39-40H,8-11,31H2,(H,43,44,45)(H,46,47,48)(H,49,50,51)(H,32,33,34,35). The van der Waals surface area contributed by atoms with E-state index in [9.17, 15) is 52.4 Å². The number of hydrogen-bond acceptors (Lipinski definition) is 22. The van der Waals surface area contributed by atoms with Gasteiger partial charge in [-0.15, -0.1) is 14.6 Å². The largest absolute Gasteiger partial charge is 0.507 e. The van der Waals surface area contributed by atoms with Gasteiger partial charge in [-0.1, -0.05) is 23.2 Å². The molecule has 0 atom stereocenters. The molecule has 0 aliphatic carbocycles. The molecular weight excluding hydrogens is 912 g/mol. The number of rotatable bonds is 18. The highest BCUT2D eigenvalue weighted by molar-refractivity contribution is 7.91. The van der Waals surface area contributed by atoms with Gasteiger partial charge >= 0.3 is 0 Å². The highest BCUT2D eigenvalue weighted by Crippen LogP contribution is 2.44. The Morgan fingerprint density at radius 1 is 0.831 bits per heavy atom. The van der Waals surface area contributed by atoms with Gasteiger partial charge in [-0.3, -0.25) is 17.8 Å². The minimum absolute atomic E-state index is 0.110. The summed E-state index contributed by atoms with van der Waals surface area (Å²) in [6, 6.07) is 13.3.